The SMILES string of the molecule is NC(=O)Oc1ccccc1C(=O)CBr. The summed E-state index contributed by atoms with van der Waals surface area (Å²) in [6, 6.07) is 6.43. The van der Waals surface area contributed by atoms with E-state index in [4.69, 9.17) is 5.73 Å². The molecule has 0 heterocycles. The van der Waals surface area contributed by atoms with E-state index in [1.807, 2.05) is 0 Å². The van der Waals surface area contributed by atoms with Crippen LogP contribution in [0.4, 0.5) is 4.79 Å². The van der Waals surface area contributed by atoms with E-state index in [1.54, 1.807) is 18.2 Å². The third-order valence-corrected chi connectivity index (χ3v) is 2.03. The number of carbonyl (C=O) groups excluding carboxylic acids is 2. The normalized spacial score (nSPS) is 9.50. The fraction of sp³-hybridized carbons (Fsp3) is 0.111. The number of benzene rings is 1. The van der Waals surface area contributed by atoms with E-state index in [-0.39, 0.29) is 16.9 Å². The average molecular weight is 258 g/mol. The van der Waals surface area contributed by atoms with Gasteiger partial charge in [0.25, 0.3) is 0 Å². The molecule has 0 spiro atoms. The second-order valence-corrected chi connectivity index (χ2v) is 3.03. The van der Waals surface area contributed by atoms with Crippen molar-refractivity contribution >= 4 is 27.8 Å². The van der Waals surface area contributed by atoms with Gasteiger partial charge in [-0.15, -0.1) is 0 Å². The molecule has 0 aromatic heterocycles. The van der Waals surface area contributed by atoms with Gasteiger partial charge in [0, 0.05) is 0 Å². The number of halogens is 1. The quantitative estimate of drug-likeness (QED) is 0.662. The van der Waals surface area contributed by atoms with Crippen LogP contribution in [0, 0.1) is 0 Å². The van der Waals surface area contributed by atoms with E-state index < -0.39 is 6.09 Å². The first-order valence-electron chi connectivity index (χ1n) is 3.80. The van der Waals surface area contributed by atoms with Crippen molar-refractivity contribution in [2.45, 2.75) is 0 Å². The van der Waals surface area contributed by atoms with Gasteiger partial charge in [-0.25, -0.2) is 4.79 Å². The molecule has 0 aliphatic heterocycles. The molecule has 0 aliphatic rings. The van der Waals surface area contributed by atoms with Crippen molar-refractivity contribution < 1.29 is 14.3 Å². The Bertz CT molecular complexity index is 365. The van der Waals surface area contributed by atoms with Crippen molar-refractivity contribution in [2.75, 3.05) is 5.33 Å². The van der Waals surface area contributed by atoms with Gasteiger partial charge >= 0.3 is 6.09 Å². The number of ether oxygens (including phenoxy) is 1. The van der Waals surface area contributed by atoms with E-state index in [0.717, 1.165) is 0 Å². The highest BCUT2D eigenvalue weighted by molar-refractivity contribution is 9.09. The van der Waals surface area contributed by atoms with Gasteiger partial charge in [0.1, 0.15) is 5.75 Å². The number of primary amides is 1. The maximum Gasteiger partial charge on any atom is 0.409 e. The molecule has 14 heavy (non-hydrogen) atoms. The van der Waals surface area contributed by atoms with Crippen LogP contribution in [-0.2, 0) is 0 Å². The smallest absolute Gasteiger partial charge is 0.409 e. The Hall–Kier alpha value is -1.36. The molecule has 74 valence electrons. The Labute approximate surface area is 89.2 Å². The molecule has 0 unspecified atom stereocenters. The zero-order chi connectivity index (χ0) is 10.6. The summed E-state index contributed by atoms with van der Waals surface area (Å²) >= 11 is 3.03. The maximum atomic E-state index is 11.3. The lowest BCUT2D eigenvalue weighted by Crippen LogP contribution is -2.18. The summed E-state index contributed by atoms with van der Waals surface area (Å²) in [5, 5.41) is 0.173. The number of nitrogens with two attached hydrogens (primary N) is 1. The van der Waals surface area contributed by atoms with Crippen molar-refractivity contribution in [3.05, 3.63) is 29.8 Å². The number of alkyl halides is 1. The summed E-state index contributed by atoms with van der Waals surface area (Å²) < 4.78 is 4.67. The molecule has 0 saturated carbocycles. The zero-order valence-electron chi connectivity index (χ0n) is 7.20. The monoisotopic (exact) mass is 257 g/mol. The molecule has 0 radical (unpaired) electrons. The number of para-hydroxylation sites is 1. The van der Waals surface area contributed by atoms with Crippen LogP contribution in [0.25, 0.3) is 0 Å². The highest BCUT2D eigenvalue weighted by atomic mass is 79.9. The number of rotatable bonds is 3. The first-order chi connectivity index (χ1) is 6.65. The van der Waals surface area contributed by atoms with Crippen molar-refractivity contribution in [2.24, 2.45) is 5.73 Å². The highest BCUT2D eigenvalue weighted by Crippen LogP contribution is 2.18. The molecule has 0 fully saturated rings. The van der Waals surface area contributed by atoms with E-state index in [0.29, 0.717) is 5.56 Å². The average Bonchev–Trinajstić information content (AvgIpc) is 2.16. The van der Waals surface area contributed by atoms with E-state index in [2.05, 4.69) is 20.7 Å². The minimum atomic E-state index is -0.931. The fourth-order valence-electron chi connectivity index (χ4n) is 0.966. The predicted octanol–water partition coefficient (Wildman–Crippen LogP) is 1.72. The maximum absolute atomic E-state index is 11.3. The van der Waals surface area contributed by atoms with Gasteiger partial charge in [-0.3, -0.25) is 4.79 Å². The molecule has 0 bridgehead atoms. The van der Waals surface area contributed by atoms with E-state index >= 15 is 0 Å². The molecule has 1 amide bonds. The van der Waals surface area contributed by atoms with Crippen LogP contribution < -0.4 is 10.5 Å². The van der Waals surface area contributed by atoms with Gasteiger partial charge in [0.15, 0.2) is 5.78 Å². The van der Waals surface area contributed by atoms with Gasteiger partial charge in [-0.05, 0) is 12.1 Å². The molecular weight excluding hydrogens is 250 g/mol. The summed E-state index contributed by atoms with van der Waals surface area (Å²) in [6.45, 7) is 0. The van der Waals surface area contributed by atoms with Crippen LogP contribution in [0.5, 0.6) is 5.75 Å². The Balaban J connectivity index is 3.02. The highest BCUT2D eigenvalue weighted by Gasteiger charge is 2.11. The van der Waals surface area contributed by atoms with Crippen molar-refractivity contribution in [3.8, 4) is 5.75 Å². The molecule has 0 saturated heterocycles. The van der Waals surface area contributed by atoms with Gasteiger partial charge in [-0.1, -0.05) is 28.1 Å². The molecule has 0 atom stereocenters. The Morgan fingerprint density at radius 1 is 1.36 bits per heavy atom. The number of carbonyl (C=O) groups is 2. The molecule has 5 heteroatoms. The first kappa shape index (κ1) is 10.7. The Morgan fingerprint density at radius 2 is 2.00 bits per heavy atom. The summed E-state index contributed by atoms with van der Waals surface area (Å²) in [6.07, 6.45) is -0.931. The van der Waals surface area contributed by atoms with Gasteiger partial charge < -0.3 is 10.5 Å². The third kappa shape index (κ3) is 2.56. The lowest BCUT2D eigenvalue weighted by Gasteiger charge is -2.05. The molecule has 1 rings (SSSR count). The van der Waals surface area contributed by atoms with Crippen LogP contribution in [0.3, 0.4) is 0 Å². The van der Waals surface area contributed by atoms with Gasteiger partial charge in [0.05, 0.1) is 10.9 Å². The second-order valence-electron chi connectivity index (χ2n) is 2.47. The largest absolute Gasteiger partial charge is 0.410 e. The minimum Gasteiger partial charge on any atom is -0.410 e. The lowest BCUT2D eigenvalue weighted by atomic mass is 10.1. The summed E-state index contributed by atoms with van der Waals surface area (Å²) in [5.74, 6) is 0.0197. The third-order valence-electron chi connectivity index (χ3n) is 1.52. The van der Waals surface area contributed by atoms with E-state index in [1.165, 1.54) is 6.07 Å². The van der Waals surface area contributed by atoms with Crippen molar-refractivity contribution in [1.82, 2.24) is 0 Å². The molecule has 0 aliphatic carbocycles. The molecule has 2 N–H and O–H groups in total. The number of ketones is 1. The van der Waals surface area contributed by atoms with E-state index in [9.17, 15) is 9.59 Å². The molecule has 1 aromatic rings. The number of Topliss-reactive ketones (excluding diaryl/α,β-unsaturated/α-hetero) is 1. The second kappa shape index (κ2) is 4.76. The van der Waals surface area contributed by atoms with Crippen LogP contribution in [0.1, 0.15) is 10.4 Å². The number of hydrogen-bond acceptors (Lipinski definition) is 3. The van der Waals surface area contributed by atoms with Gasteiger partial charge in [0.2, 0.25) is 0 Å². The zero-order valence-corrected chi connectivity index (χ0v) is 8.78. The summed E-state index contributed by atoms with van der Waals surface area (Å²) in [7, 11) is 0. The Kier molecular flexibility index (Phi) is 3.64. The molecule has 1 aromatic carbocycles. The summed E-state index contributed by atoms with van der Waals surface area (Å²) in [4.78, 5) is 21.8. The van der Waals surface area contributed by atoms with Crippen molar-refractivity contribution in [3.63, 3.8) is 0 Å². The van der Waals surface area contributed by atoms with Crippen molar-refractivity contribution in [1.29, 1.82) is 0 Å². The van der Waals surface area contributed by atoms with Crippen LogP contribution in [0.2, 0.25) is 0 Å². The Morgan fingerprint density at radius 3 is 2.57 bits per heavy atom. The minimum absolute atomic E-state index is 0.165. The predicted molar refractivity (Wildman–Crippen MR) is 54.8 cm³/mol. The fourth-order valence-corrected chi connectivity index (χ4v) is 1.27. The lowest BCUT2D eigenvalue weighted by molar-refractivity contribution is 0.102. The summed E-state index contributed by atoms with van der Waals surface area (Å²) in [5.41, 5.74) is 5.19. The molecule has 4 nitrogen and oxygen atoms in total. The topological polar surface area (TPSA) is 69.4 Å². The number of amides is 1. The standard InChI is InChI=1S/C9H8BrNO3/c10-5-7(12)6-3-1-2-4-8(6)14-9(11)13/h1-4H,5H2,(H2,11,13). The van der Waals surface area contributed by atoms with Crippen LogP contribution in [0.15, 0.2) is 24.3 Å². The molecular formula is C9H8BrNO3. The first-order valence-corrected chi connectivity index (χ1v) is 4.92. The number of hydrogen-bond donors (Lipinski definition) is 1. The van der Waals surface area contributed by atoms with Crippen LogP contribution in [-0.4, -0.2) is 17.2 Å². The van der Waals surface area contributed by atoms with Gasteiger partial charge in [-0.2, -0.15) is 0 Å². The van der Waals surface area contributed by atoms with Crippen LogP contribution >= 0.6 is 15.9 Å².